The van der Waals surface area contributed by atoms with Crippen LogP contribution in [0.5, 0.6) is 0 Å². The molecule has 0 spiro atoms. The molecule has 0 amide bonds. The van der Waals surface area contributed by atoms with Crippen molar-refractivity contribution in [3.05, 3.63) is 0 Å². The third kappa shape index (κ3) is 3.34. The molecule has 5 fully saturated rings. The van der Waals surface area contributed by atoms with Crippen molar-refractivity contribution in [3.63, 3.8) is 0 Å². The maximum atomic E-state index is 12.9. The van der Waals surface area contributed by atoms with E-state index >= 15 is 0 Å². The van der Waals surface area contributed by atoms with Crippen LogP contribution in [0.4, 0.5) is 0 Å². The van der Waals surface area contributed by atoms with E-state index in [4.69, 9.17) is 0 Å². The van der Waals surface area contributed by atoms with Gasteiger partial charge in [0.1, 0.15) is 5.78 Å². The lowest BCUT2D eigenvalue weighted by Crippen LogP contribution is -2.66. The number of aliphatic carboxylic acids is 1. The van der Waals surface area contributed by atoms with Crippen molar-refractivity contribution in [2.75, 3.05) is 0 Å². The van der Waals surface area contributed by atoms with Gasteiger partial charge in [0.25, 0.3) is 0 Å². The number of hydrogen-bond donors (Lipinski definition) is 1. The van der Waals surface area contributed by atoms with E-state index in [-0.39, 0.29) is 21.7 Å². The van der Waals surface area contributed by atoms with Crippen LogP contribution in [0.2, 0.25) is 0 Å². The third-order valence-electron chi connectivity index (χ3n) is 13.5. The summed E-state index contributed by atoms with van der Waals surface area (Å²) in [5.74, 6) is 3.07. The first kappa shape index (κ1) is 27.2. The quantitative estimate of drug-likeness (QED) is 0.426. The minimum absolute atomic E-state index is 0.203. The molecule has 0 aromatic carbocycles. The van der Waals surface area contributed by atoms with Crippen LogP contribution < -0.4 is 0 Å². The lowest BCUT2D eigenvalue weighted by Gasteiger charge is -2.72. The Bertz CT molecular complexity index is 859. The second-order valence-electron chi connectivity index (χ2n) is 14.7. The van der Waals surface area contributed by atoms with Crippen LogP contribution >= 0.6 is 0 Å². The minimum atomic E-state index is -0.506. The van der Waals surface area contributed by atoms with Gasteiger partial charge in [-0.05, 0) is 110 Å². The van der Waals surface area contributed by atoms with Crippen molar-refractivity contribution in [1.82, 2.24) is 0 Å². The van der Waals surface area contributed by atoms with Gasteiger partial charge in [-0.1, -0.05) is 62.3 Å². The number of Topliss-reactive ketones (excluding diaryl/α,β-unsaturated/α-hetero) is 1. The molecule has 0 aliphatic heterocycles. The number of ketones is 1. The summed E-state index contributed by atoms with van der Waals surface area (Å²) < 4.78 is 0. The lowest BCUT2D eigenvalue weighted by atomic mass is 9.32. The molecular formula is C32H54O3. The van der Waals surface area contributed by atoms with E-state index in [1.807, 2.05) is 13.8 Å². The molecule has 0 aromatic heterocycles. The van der Waals surface area contributed by atoms with Gasteiger partial charge in [0, 0.05) is 11.8 Å². The summed E-state index contributed by atoms with van der Waals surface area (Å²) in [6.45, 7) is 20.8. The Hall–Kier alpha value is -0.860. The first-order chi connectivity index (χ1) is 16.3. The van der Waals surface area contributed by atoms with E-state index in [0.29, 0.717) is 41.3 Å². The Labute approximate surface area is 215 Å². The van der Waals surface area contributed by atoms with Crippen molar-refractivity contribution < 1.29 is 14.7 Å². The summed E-state index contributed by atoms with van der Waals surface area (Å²) in [5.41, 5.74) is -0.0101. The average molecular weight is 487 g/mol. The fraction of sp³-hybridized carbons (Fsp3) is 0.938. The molecule has 5 aliphatic carbocycles. The molecule has 3 nitrogen and oxygen atoms in total. The van der Waals surface area contributed by atoms with Crippen molar-refractivity contribution in [2.24, 2.45) is 62.6 Å². The molecule has 0 radical (unpaired) electrons. The maximum Gasteiger partial charge on any atom is 0.309 e. The molecule has 3 heteroatoms. The molecule has 8 unspecified atom stereocenters. The number of rotatable bonds is 2. The molecule has 5 aliphatic rings. The molecule has 0 heterocycles. The van der Waals surface area contributed by atoms with Gasteiger partial charge in [-0.2, -0.15) is 0 Å². The van der Waals surface area contributed by atoms with E-state index in [2.05, 4.69) is 48.5 Å². The highest BCUT2D eigenvalue weighted by Gasteiger charge is 2.72. The summed E-state index contributed by atoms with van der Waals surface area (Å²) in [4.78, 5) is 25.7. The molecule has 0 bridgehead atoms. The van der Waals surface area contributed by atoms with E-state index in [9.17, 15) is 14.7 Å². The number of fused-ring (bicyclic) bond motifs is 7. The van der Waals surface area contributed by atoms with E-state index in [1.165, 1.54) is 19.3 Å². The first-order valence-electron chi connectivity index (χ1n) is 15.0. The van der Waals surface area contributed by atoms with Gasteiger partial charge < -0.3 is 5.11 Å². The smallest absolute Gasteiger partial charge is 0.309 e. The largest absolute Gasteiger partial charge is 0.481 e. The summed E-state index contributed by atoms with van der Waals surface area (Å²) >= 11 is 0. The fourth-order valence-corrected chi connectivity index (χ4v) is 11.6. The monoisotopic (exact) mass is 486 g/mol. The number of hydrogen-bond acceptors (Lipinski definition) is 2. The zero-order valence-electron chi connectivity index (χ0n) is 24.3. The zero-order valence-corrected chi connectivity index (χ0v) is 24.3. The van der Waals surface area contributed by atoms with Crippen molar-refractivity contribution in [3.8, 4) is 0 Å². The van der Waals surface area contributed by atoms with Crippen LogP contribution in [0, 0.1) is 62.6 Å². The Morgan fingerprint density at radius 3 is 2.09 bits per heavy atom. The molecule has 0 aromatic rings. The highest BCUT2D eigenvalue weighted by atomic mass is 16.4. The van der Waals surface area contributed by atoms with Crippen LogP contribution in [-0.2, 0) is 9.59 Å². The van der Waals surface area contributed by atoms with E-state index < -0.39 is 11.4 Å². The van der Waals surface area contributed by atoms with Crippen molar-refractivity contribution >= 4 is 11.8 Å². The van der Waals surface area contributed by atoms with Gasteiger partial charge in [-0.3, -0.25) is 9.59 Å². The summed E-state index contributed by atoms with van der Waals surface area (Å²) in [7, 11) is 0. The predicted molar refractivity (Wildman–Crippen MR) is 143 cm³/mol. The number of carbonyl (C=O) groups is 2. The summed E-state index contributed by atoms with van der Waals surface area (Å²) in [5, 5.41) is 10.5. The number of carboxylic acid groups (broad SMARTS) is 1. The molecule has 1 N–H and O–H groups in total. The molecule has 5 rings (SSSR count). The van der Waals surface area contributed by atoms with Crippen LogP contribution in [0.1, 0.15) is 127 Å². The summed E-state index contributed by atoms with van der Waals surface area (Å²) in [6, 6.07) is 0. The normalized spacial score (nSPS) is 50.2. The Kier molecular flexibility index (Phi) is 6.67. The van der Waals surface area contributed by atoms with Gasteiger partial charge >= 0.3 is 5.97 Å². The molecule has 5 saturated carbocycles. The predicted octanol–water partition coefficient (Wildman–Crippen LogP) is 8.40. The summed E-state index contributed by atoms with van der Waals surface area (Å²) in [6.07, 6.45) is 10.5. The second kappa shape index (κ2) is 8.59. The average Bonchev–Trinajstić information content (AvgIpc) is 3.20. The highest BCUT2D eigenvalue weighted by molar-refractivity contribution is 5.85. The maximum absolute atomic E-state index is 12.9. The van der Waals surface area contributed by atoms with Gasteiger partial charge in [0.2, 0.25) is 0 Å². The van der Waals surface area contributed by atoms with Gasteiger partial charge in [0.15, 0.2) is 0 Å². The Balaban J connectivity index is 0.00000141. The fourth-order valence-electron chi connectivity index (χ4n) is 11.6. The first-order valence-corrected chi connectivity index (χ1v) is 15.0. The number of carbonyl (C=O) groups excluding carboxylic acids is 1. The van der Waals surface area contributed by atoms with Crippen LogP contribution in [0.3, 0.4) is 0 Å². The van der Waals surface area contributed by atoms with Gasteiger partial charge in [-0.15, -0.1) is 0 Å². The molecule has 35 heavy (non-hydrogen) atoms. The highest BCUT2D eigenvalue weighted by Crippen LogP contribution is 2.77. The minimum Gasteiger partial charge on any atom is -0.481 e. The zero-order chi connectivity index (χ0) is 26.2. The molecule has 200 valence electrons. The van der Waals surface area contributed by atoms with Crippen molar-refractivity contribution in [1.29, 1.82) is 0 Å². The molecular weight excluding hydrogens is 432 g/mol. The third-order valence-corrected chi connectivity index (χ3v) is 13.5. The van der Waals surface area contributed by atoms with Crippen LogP contribution in [0.25, 0.3) is 0 Å². The topological polar surface area (TPSA) is 54.4 Å². The van der Waals surface area contributed by atoms with E-state index in [1.54, 1.807) is 0 Å². The second-order valence-corrected chi connectivity index (χ2v) is 14.7. The van der Waals surface area contributed by atoms with Crippen LogP contribution in [0.15, 0.2) is 0 Å². The van der Waals surface area contributed by atoms with Crippen LogP contribution in [-0.4, -0.2) is 16.9 Å². The van der Waals surface area contributed by atoms with Gasteiger partial charge in [-0.25, -0.2) is 0 Å². The number of carboxylic acids is 1. The standard InChI is InChI=1S/C30H48O3.C2H6/c1-18(2)19-10-15-30(25(32)33)17-16-28(6)20(24(19)30)8-9-22-27(5)13-12-23(31)26(3,4)21(27)11-14-29(22,28)7;1-2/h18-22,24H,8-17H2,1-7H3,(H,32,33);1-2H3/t19?,20?,21?,22?,24?,27?,28-,29?,30?;/m1./s1. The Morgan fingerprint density at radius 2 is 1.49 bits per heavy atom. The SMILES string of the molecule is CC.CC(C)C1CCC2(C(=O)O)CC[C@]3(C)C(CCC4C5(C)CCC(=O)C(C)(C)C5CCC43C)C12. The van der Waals surface area contributed by atoms with Gasteiger partial charge in [0.05, 0.1) is 5.41 Å². The van der Waals surface area contributed by atoms with Crippen molar-refractivity contribution in [2.45, 2.75) is 127 Å². The van der Waals surface area contributed by atoms with E-state index in [0.717, 1.165) is 44.9 Å². The lowest BCUT2D eigenvalue weighted by molar-refractivity contribution is -0.237. The molecule has 0 saturated heterocycles. The Morgan fingerprint density at radius 1 is 0.829 bits per heavy atom. The molecule has 9 atom stereocenters.